The van der Waals surface area contributed by atoms with Crippen LogP contribution in [0.5, 0.6) is 0 Å². The van der Waals surface area contributed by atoms with Crippen molar-refractivity contribution in [2.24, 2.45) is 5.92 Å². The quantitative estimate of drug-likeness (QED) is 0.554. The average molecular weight is 146 g/mol. The molecule has 0 aromatic carbocycles. The Morgan fingerprint density at radius 3 is 2.44 bits per heavy atom. The van der Waals surface area contributed by atoms with Gasteiger partial charge in [-0.25, -0.2) is 0 Å². The molecular formula is C7H14OS. The molecule has 0 aromatic heterocycles. The first-order valence-corrected chi connectivity index (χ1v) is 4.03. The summed E-state index contributed by atoms with van der Waals surface area (Å²) in [6.45, 7) is 5.26. The van der Waals surface area contributed by atoms with Crippen molar-refractivity contribution < 1.29 is 4.74 Å². The Bertz CT molecular complexity index is 92.9. The Morgan fingerprint density at radius 2 is 2.22 bits per heavy atom. The molecular weight excluding hydrogens is 132 g/mol. The standard InChI is InChI=1S/C7H14OS/c1-5(2)7-6(9)3-4-8-7/h5-7,9H,3-4H2,1-2H3. The van der Waals surface area contributed by atoms with E-state index in [2.05, 4.69) is 26.5 Å². The van der Waals surface area contributed by atoms with Crippen LogP contribution in [-0.4, -0.2) is 18.0 Å². The zero-order chi connectivity index (χ0) is 6.85. The maximum atomic E-state index is 5.45. The Balaban J connectivity index is 2.40. The summed E-state index contributed by atoms with van der Waals surface area (Å²) in [4.78, 5) is 0. The summed E-state index contributed by atoms with van der Waals surface area (Å²) >= 11 is 4.40. The highest BCUT2D eigenvalue weighted by Crippen LogP contribution is 2.24. The SMILES string of the molecule is CC(C)C1OCCC1S. The van der Waals surface area contributed by atoms with E-state index in [0.717, 1.165) is 13.0 Å². The zero-order valence-electron chi connectivity index (χ0n) is 6.00. The molecule has 2 unspecified atom stereocenters. The van der Waals surface area contributed by atoms with E-state index in [1.54, 1.807) is 0 Å². The van der Waals surface area contributed by atoms with Gasteiger partial charge in [-0.15, -0.1) is 0 Å². The lowest BCUT2D eigenvalue weighted by atomic mass is 10.0. The lowest BCUT2D eigenvalue weighted by Crippen LogP contribution is -2.22. The van der Waals surface area contributed by atoms with Crippen LogP contribution in [0.4, 0.5) is 0 Å². The van der Waals surface area contributed by atoms with Crippen molar-refractivity contribution in [1.29, 1.82) is 0 Å². The lowest BCUT2D eigenvalue weighted by molar-refractivity contribution is 0.0782. The molecule has 0 N–H and O–H groups in total. The Kier molecular flexibility index (Phi) is 2.42. The fraction of sp³-hybridized carbons (Fsp3) is 1.00. The summed E-state index contributed by atoms with van der Waals surface area (Å²) in [5.74, 6) is 0.620. The molecule has 0 aliphatic carbocycles. The van der Waals surface area contributed by atoms with Crippen LogP contribution in [0.25, 0.3) is 0 Å². The number of ether oxygens (including phenoxy) is 1. The van der Waals surface area contributed by atoms with Gasteiger partial charge in [0.1, 0.15) is 0 Å². The van der Waals surface area contributed by atoms with Gasteiger partial charge < -0.3 is 4.74 Å². The fourth-order valence-corrected chi connectivity index (χ4v) is 1.77. The first-order valence-electron chi connectivity index (χ1n) is 3.51. The van der Waals surface area contributed by atoms with Crippen molar-refractivity contribution >= 4 is 12.6 Å². The van der Waals surface area contributed by atoms with Gasteiger partial charge in [-0.3, -0.25) is 0 Å². The van der Waals surface area contributed by atoms with E-state index >= 15 is 0 Å². The topological polar surface area (TPSA) is 9.23 Å². The minimum absolute atomic E-state index is 0.397. The van der Waals surface area contributed by atoms with Crippen molar-refractivity contribution in [3.05, 3.63) is 0 Å². The average Bonchev–Trinajstić information content (AvgIpc) is 2.13. The fourth-order valence-electron chi connectivity index (χ4n) is 1.24. The summed E-state index contributed by atoms with van der Waals surface area (Å²) in [5.41, 5.74) is 0. The van der Waals surface area contributed by atoms with Crippen LogP contribution >= 0.6 is 12.6 Å². The van der Waals surface area contributed by atoms with Crippen LogP contribution in [-0.2, 0) is 4.74 Å². The van der Waals surface area contributed by atoms with Crippen LogP contribution in [0.15, 0.2) is 0 Å². The second-order valence-electron chi connectivity index (χ2n) is 2.94. The molecule has 1 aliphatic heterocycles. The highest BCUT2D eigenvalue weighted by Gasteiger charge is 2.27. The first kappa shape index (κ1) is 7.42. The highest BCUT2D eigenvalue weighted by atomic mass is 32.1. The molecule has 0 aromatic rings. The molecule has 9 heavy (non-hydrogen) atoms. The molecule has 0 amide bonds. The third-order valence-electron chi connectivity index (χ3n) is 1.76. The summed E-state index contributed by atoms with van der Waals surface area (Å²) in [6, 6.07) is 0. The predicted molar refractivity (Wildman–Crippen MR) is 42.0 cm³/mol. The molecule has 1 rings (SSSR count). The summed E-state index contributed by atoms with van der Waals surface area (Å²) in [7, 11) is 0. The molecule has 0 bridgehead atoms. The predicted octanol–water partition coefficient (Wildman–Crippen LogP) is 1.73. The van der Waals surface area contributed by atoms with Crippen LogP contribution in [0.2, 0.25) is 0 Å². The number of thiol groups is 1. The van der Waals surface area contributed by atoms with Gasteiger partial charge >= 0.3 is 0 Å². The van der Waals surface area contributed by atoms with Crippen LogP contribution in [0.1, 0.15) is 20.3 Å². The minimum atomic E-state index is 0.397. The highest BCUT2D eigenvalue weighted by molar-refractivity contribution is 7.81. The minimum Gasteiger partial charge on any atom is -0.377 e. The Labute approximate surface area is 62.2 Å². The number of rotatable bonds is 1. The normalized spacial score (nSPS) is 36.0. The van der Waals surface area contributed by atoms with E-state index in [0.29, 0.717) is 17.3 Å². The van der Waals surface area contributed by atoms with E-state index < -0.39 is 0 Å². The molecule has 1 saturated heterocycles. The van der Waals surface area contributed by atoms with Crippen LogP contribution in [0.3, 0.4) is 0 Å². The molecule has 2 atom stereocenters. The van der Waals surface area contributed by atoms with E-state index in [1.165, 1.54) is 0 Å². The Hall–Kier alpha value is 0.310. The molecule has 0 radical (unpaired) electrons. The molecule has 1 nitrogen and oxygen atoms in total. The zero-order valence-corrected chi connectivity index (χ0v) is 6.90. The van der Waals surface area contributed by atoms with Gasteiger partial charge in [-0.05, 0) is 12.3 Å². The van der Waals surface area contributed by atoms with Gasteiger partial charge in [-0.1, -0.05) is 13.8 Å². The van der Waals surface area contributed by atoms with Crippen molar-refractivity contribution in [2.45, 2.75) is 31.6 Å². The molecule has 1 heterocycles. The third-order valence-corrected chi connectivity index (χ3v) is 2.31. The maximum absolute atomic E-state index is 5.45. The molecule has 0 spiro atoms. The van der Waals surface area contributed by atoms with E-state index in [-0.39, 0.29) is 0 Å². The van der Waals surface area contributed by atoms with Gasteiger partial charge in [0, 0.05) is 11.9 Å². The van der Waals surface area contributed by atoms with Crippen LogP contribution in [0, 0.1) is 5.92 Å². The van der Waals surface area contributed by atoms with Crippen molar-refractivity contribution in [3.8, 4) is 0 Å². The monoisotopic (exact) mass is 146 g/mol. The molecule has 0 saturated carbocycles. The second-order valence-corrected chi connectivity index (χ2v) is 3.60. The van der Waals surface area contributed by atoms with Gasteiger partial charge in [-0.2, -0.15) is 12.6 Å². The summed E-state index contributed by atoms with van der Waals surface area (Å²) in [5, 5.41) is 0.477. The lowest BCUT2D eigenvalue weighted by Gasteiger charge is -2.17. The van der Waals surface area contributed by atoms with Gasteiger partial charge in [0.25, 0.3) is 0 Å². The van der Waals surface area contributed by atoms with E-state index in [1.807, 2.05) is 0 Å². The van der Waals surface area contributed by atoms with Crippen molar-refractivity contribution in [1.82, 2.24) is 0 Å². The molecule has 1 fully saturated rings. The van der Waals surface area contributed by atoms with Crippen LogP contribution < -0.4 is 0 Å². The van der Waals surface area contributed by atoms with Gasteiger partial charge in [0.2, 0.25) is 0 Å². The van der Waals surface area contributed by atoms with Crippen molar-refractivity contribution in [2.75, 3.05) is 6.61 Å². The molecule has 1 aliphatic rings. The molecule has 54 valence electrons. The smallest absolute Gasteiger partial charge is 0.0714 e. The number of hydrogen-bond acceptors (Lipinski definition) is 2. The van der Waals surface area contributed by atoms with Crippen molar-refractivity contribution in [3.63, 3.8) is 0 Å². The summed E-state index contributed by atoms with van der Waals surface area (Å²) < 4.78 is 5.45. The third kappa shape index (κ3) is 1.62. The second kappa shape index (κ2) is 2.93. The Morgan fingerprint density at radius 1 is 1.56 bits per heavy atom. The van der Waals surface area contributed by atoms with E-state index in [9.17, 15) is 0 Å². The van der Waals surface area contributed by atoms with E-state index in [4.69, 9.17) is 4.74 Å². The van der Waals surface area contributed by atoms with Gasteiger partial charge in [0.05, 0.1) is 6.10 Å². The number of hydrogen-bond donors (Lipinski definition) is 1. The first-order chi connectivity index (χ1) is 4.22. The maximum Gasteiger partial charge on any atom is 0.0714 e. The largest absolute Gasteiger partial charge is 0.377 e. The summed E-state index contributed by atoms with van der Waals surface area (Å²) in [6.07, 6.45) is 1.51. The van der Waals surface area contributed by atoms with Gasteiger partial charge in [0.15, 0.2) is 0 Å². The molecule has 2 heteroatoms.